The summed E-state index contributed by atoms with van der Waals surface area (Å²) in [6.45, 7) is 0. The maximum absolute atomic E-state index is 11.7. The third-order valence-corrected chi connectivity index (χ3v) is 3.56. The summed E-state index contributed by atoms with van der Waals surface area (Å²) >= 11 is 9.36. The molecular weight excluding hydrogens is 360 g/mol. The maximum atomic E-state index is 11.7. The first-order valence-electron chi connectivity index (χ1n) is 5.86. The number of esters is 1. The van der Waals surface area contributed by atoms with Crippen molar-refractivity contribution < 1.29 is 14.3 Å². The first-order valence-corrected chi connectivity index (χ1v) is 7.03. The van der Waals surface area contributed by atoms with E-state index in [4.69, 9.17) is 26.8 Å². The summed E-state index contributed by atoms with van der Waals surface area (Å²) in [7, 11) is 2.82. The van der Waals surface area contributed by atoms with E-state index < -0.39 is 5.97 Å². The summed E-state index contributed by atoms with van der Waals surface area (Å²) < 4.78 is 10.3. The molecule has 2 rings (SSSR count). The average molecular weight is 372 g/mol. The number of hydrogen-bond donors (Lipinski definition) is 1. The molecular formula is C14H12BrClN2O3. The van der Waals surface area contributed by atoms with Gasteiger partial charge in [-0.2, -0.15) is 0 Å². The van der Waals surface area contributed by atoms with Crippen molar-refractivity contribution in [2.24, 2.45) is 0 Å². The zero-order valence-corrected chi connectivity index (χ0v) is 13.7. The van der Waals surface area contributed by atoms with Crippen LogP contribution in [0.1, 0.15) is 10.4 Å². The van der Waals surface area contributed by atoms with E-state index in [1.165, 1.54) is 20.3 Å². The van der Waals surface area contributed by atoms with Gasteiger partial charge in [0.15, 0.2) is 0 Å². The van der Waals surface area contributed by atoms with Crippen molar-refractivity contribution in [2.75, 3.05) is 20.0 Å². The van der Waals surface area contributed by atoms with E-state index in [2.05, 4.69) is 20.9 Å². The van der Waals surface area contributed by atoms with Crippen molar-refractivity contribution in [1.82, 2.24) is 4.98 Å². The Labute approximate surface area is 135 Å². The van der Waals surface area contributed by atoms with Gasteiger partial charge in [0.05, 0.1) is 36.2 Å². The second-order valence-electron chi connectivity index (χ2n) is 4.10. The molecule has 0 aliphatic rings. The van der Waals surface area contributed by atoms with Crippen molar-refractivity contribution in [3.8, 4) is 17.0 Å². The van der Waals surface area contributed by atoms with Gasteiger partial charge in [-0.15, -0.1) is 0 Å². The van der Waals surface area contributed by atoms with Gasteiger partial charge in [-0.3, -0.25) is 0 Å². The van der Waals surface area contributed by atoms with E-state index in [1.807, 2.05) is 0 Å². The van der Waals surface area contributed by atoms with E-state index in [0.29, 0.717) is 26.6 Å². The van der Waals surface area contributed by atoms with Gasteiger partial charge < -0.3 is 15.2 Å². The second-order valence-corrected chi connectivity index (χ2v) is 5.32. The average Bonchev–Trinajstić information content (AvgIpc) is 2.48. The Kier molecular flexibility index (Phi) is 4.69. The molecule has 0 unspecified atom stereocenters. The molecule has 21 heavy (non-hydrogen) atoms. The molecule has 1 heterocycles. The Hall–Kier alpha value is -1.79. The van der Waals surface area contributed by atoms with E-state index in [9.17, 15) is 4.79 Å². The molecule has 0 saturated heterocycles. The number of nitrogens with zero attached hydrogens (tertiary/aromatic N) is 1. The van der Waals surface area contributed by atoms with Gasteiger partial charge in [0.25, 0.3) is 0 Å². The van der Waals surface area contributed by atoms with Crippen LogP contribution in [0, 0.1) is 0 Å². The third-order valence-electron chi connectivity index (χ3n) is 2.86. The lowest BCUT2D eigenvalue weighted by Gasteiger charge is -2.11. The largest absolute Gasteiger partial charge is 0.495 e. The van der Waals surface area contributed by atoms with Gasteiger partial charge in [-0.1, -0.05) is 11.6 Å². The first kappa shape index (κ1) is 15.6. The Bertz CT molecular complexity index is 707. The fourth-order valence-electron chi connectivity index (χ4n) is 1.84. The van der Waals surface area contributed by atoms with E-state index >= 15 is 0 Å². The van der Waals surface area contributed by atoms with Gasteiger partial charge in [0, 0.05) is 5.56 Å². The Morgan fingerprint density at radius 1 is 1.33 bits per heavy atom. The lowest BCUT2D eigenvalue weighted by molar-refractivity contribution is 0.0602. The first-order chi connectivity index (χ1) is 9.97. The molecule has 7 heteroatoms. The van der Waals surface area contributed by atoms with E-state index in [1.54, 1.807) is 18.2 Å². The minimum absolute atomic E-state index is 0.228. The predicted octanol–water partition coefficient (Wildman–Crippen LogP) is 3.54. The van der Waals surface area contributed by atoms with Crippen molar-refractivity contribution in [3.63, 3.8) is 0 Å². The quantitative estimate of drug-likeness (QED) is 0.660. The molecule has 1 aromatic heterocycles. The number of hydrogen-bond acceptors (Lipinski definition) is 5. The fourth-order valence-corrected chi connectivity index (χ4v) is 2.50. The number of rotatable bonds is 3. The summed E-state index contributed by atoms with van der Waals surface area (Å²) in [6, 6.07) is 6.65. The summed E-state index contributed by atoms with van der Waals surface area (Å²) in [4.78, 5) is 16.0. The Morgan fingerprint density at radius 3 is 2.62 bits per heavy atom. The zero-order valence-electron chi connectivity index (χ0n) is 11.3. The van der Waals surface area contributed by atoms with Crippen molar-refractivity contribution in [2.45, 2.75) is 0 Å². The number of carbonyl (C=O) groups is 1. The number of methoxy groups -OCH3 is 2. The van der Waals surface area contributed by atoms with Crippen LogP contribution in [-0.2, 0) is 4.74 Å². The van der Waals surface area contributed by atoms with E-state index in [0.717, 1.165) is 0 Å². The number of aromatic nitrogens is 1. The SMILES string of the molecule is COC(=O)c1cc(Br)nc(-c2ccc(OC)c(Cl)c2)c1N. The Morgan fingerprint density at radius 2 is 2.05 bits per heavy atom. The van der Waals surface area contributed by atoms with Gasteiger partial charge in [0.1, 0.15) is 10.4 Å². The van der Waals surface area contributed by atoms with Gasteiger partial charge >= 0.3 is 5.97 Å². The van der Waals surface area contributed by atoms with Crippen molar-refractivity contribution >= 4 is 39.2 Å². The van der Waals surface area contributed by atoms with Crippen LogP contribution in [0.15, 0.2) is 28.9 Å². The standard InChI is InChI=1S/C14H12BrClN2O3/c1-20-10-4-3-7(5-9(10)16)13-12(17)8(14(19)21-2)6-11(15)18-13/h3-6H,17H2,1-2H3. The minimum atomic E-state index is -0.531. The lowest BCUT2D eigenvalue weighted by atomic mass is 10.1. The van der Waals surface area contributed by atoms with E-state index in [-0.39, 0.29) is 11.3 Å². The highest BCUT2D eigenvalue weighted by atomic mass is 79.9. The summed E-state index contributed by atoms with van der Waals surface area (Å²) in [5, 5.41) is 0.427. The monoisotopic (exact) mass is 370 g/mol. The molecule has 2 aromatic rings. The summed E-state index contributed by atoms with van der Waals surface area (Å²) in [5.41, 5.74) is 7.60. The molecule has 0 radical (unpaired) electrons. The molecule has 5 nitrogen and oxygen atoms in total. The highest BCUT2D eigenvalue weighted by Gasteiger charge is 2.17. The summed E-state index contributed by atoms with van der Waals surface area (Å²) in [5.74, 6) is 0.0126. The smallest absolute Gasteiger partial charge is 0.340 e. The molecule has 0 fully saturated rings. The topological polar surface area (TPSA) is 74.4 Å². The predicted molar refractivity (Wildman–Crippen MR) is 84.7 cm³/mol. The van der Waals surface area contributed by atoms with Crippen LogP contribution in [-0.4, -0.2) is 25.2 Å². The molecule has 0 bridgehead atoms. The third kappa shape index (κ3) is 3.11. The van der Waals surface area contributed by atoms with Gasteiger partial charge in [-0.05, 0) is 40.2 Å². The normalized spacial score (nSPS) is 10.3. The summed E-state index contributed by atoms with van der Waals surface area (Å²) in [6.07, 6.45) is 0. The van der Waals surface area contributed by atoms with Crippen molar-refractivity contribution in [1.29, 1.82) is 0 Å². The maximum Gasteiger partial charge on any atom is 0.340 e. The van der Waals surface area contributed by atoms with Crippen LogP contribution in [0.25, 0.3) is 11.3 Å². The molecule has 0 aliphatic heterocycles. The van der Waals surface area contributed by atoms with Crippen LogP contribution >= 0.6 is 27.5 Å². The molecule has 0 amide bonds. The van der Waals surface area contributed by atoms with Gasteiger partial charge in [-0.25, -0.2) is 9.78 Å². The molecule has 0 spiro atoms. The van der Waals surface area contributed by atoms with Crippen LogP contribution in [0.4, 0.5) is 5.69 Å². The number of carbonyl (C=O) groups excluding carboxylic acids is 1. The molecule has 1 aromatic carbocycles. The minimum Gasteiger partial charge on any atom is -0.495 e. The molecule has 0 aliphatic carbocycles. The van der Waals surface area contributed by atoms with Crippen LogP contribution in [0.2, 0.25) is 5.02 Å². The molecule has 0 saturated carbocycles. The number of pyridine rings is 1. The number of halogens is 2. The Balaban J connectivity index is 2.61. The fraction of sp³-hybridized carbons (Fsp3) is 0.143. The zero-order chi connectivity index (χ0) is 15.6. The molecule has 110 valence electrons. The number of benzene rings is 1. The number of nitrogens with two attached hydrogens (primary N) is 1. The second kappa shape index (κ2) is 6.32. The highest BCUT2D eigenvalue weighted by molar-refractivity contribution is 9.10. The van der Waals surface area contributed by atoms with Crippen LogP contribution in [0.3, 0.4) is 0 Å². The van der Waals surface area contributed by atoms with Gasteiger partial charge in [0.2, 0.25) is 0 Å². The number of ether oxygens (including phenoxy) is 2. The number of nitrogen functional groups attached to an aromatic ring is 1. The van der Waals surface area contributed by atoms with Crippen LogP contribution in [0.5, 0.6) is 5.75 Å². The van der Waals surface area contributed by atoms with Crippen molar-refractivity contribution in [3.05, 3.63) is 39.5 Å². The number of anilines is 1. The van der Waals surface area contributed by atoms with Crippen LogP contribution < -0.4 is 10.5 Å². The highest BCUT2D eigenvalue weighted by Crippen LogP contribution is 2.34. The molecule has 2 N–H and O–H groups in total. The lowest BCUT2D eigenvalue weighted by Crippen LogP contribution is -2.08. The molecule has 0 atom stereocenters.